The van der Waals surface area contributed by atoms with E-state index in [0.29, 0.717) is 24.0 Å². The number of carbonyl (C=O) groups excluding carboxylic acids is 2. The molecule has 9 nitrogen and oxygen atoms in total. The third kappa shape index (κ3) is 5.13. The Hall–Kier alpha value is -3.69. The number of hydrogen-bond donors (Lipinski definition) is 3. The maximum atomic E-state index is 13.6. The summed E-state index contributed by atoms with van der Waals surface area (Å²) in [5.74, 6) is -0.364. The first-order valence-electron chi connectivity index (χ1n) is 10.3. The van der Waals surface area contributed by atoms with Crippen molar-refractivity contribution in [3.63, 3.8) is 0 Å². The van der Waals surface area contributed by atoms with Gasteiger partial charge in [0.25, 0.3) is 11.5 Å². The fourth-order valence-corrected chi connectivity index (χ4v) is 3.37. The second kappa shape index (κ2) is 9.63. The average molecular weight is 443 g/mol. The van der Waals surface area contributed by atoms with Crippen molar-refractivity contribution < 1.29 is 14.0 Å². The molecular formula is C22H26FN5O4. The van der Waals surface area contributed by atoms with Crippen LogP contribution >= 0.6 is 0 Å². The van der Waals surface area contributed by atoms with Gasteiger partial charge in [0.05, 0.1) is 0 Å². The van der Waals surface area contributed by atoms with Crippen molar-refractivity contribution in [2.75, 3.05) is 13.1 Å². The molecule has 0 aliphatic rings. The smallest absolute Gasteiger partial charge is 0.336 e. The van der Waals surface area contributed by atoms with E-state index in [4.69, 9.17) is 0 Å². The lowest BCUT2D eigenvalue weighted by Gasteiger charge is -2.13. The zero-order valence-electron chi connectivity index (χ0n) is 18.2. The molecule has 0 bridgehead atoms. The van der Waals surface area contributed by atoms with E-state index in [9.17, 15) is 23.6 Å². The number of amides is 2. The lowest BCUT2D eigenvalue weighted by molar-refractivity contribution is 0.0944. The first-order chi connectivity index (χ1) is 15.2. The minimum atomic E-state index is -0.819. The number of aryl methyl sites for hydroxylation is 1. The van der Waals surface area contributed by atoms with Crippen LogP contribution in [-0.2, 0) is 6.54 Å². The summed E-state index contributed by atoms with van der Waals surface area (Å²) < 4.78 is 16.3. The topological polar surface area (TPSA) is 118 Å². The highest BCUT2D eigenvalue weighted by atomic mass is 19.1. The molecule has 2 aromatic heterocycles. The molecule has 0 spiro atoms. The van der Waals surface area contributed by atoms with Gasteiger partial charge in [-0.3, -0.25) is 14.6 Å². The number of H-pyrrole nitrogens is 1. The monoisotopic (exact) mass is 443 g/mol. The molecule has 0 saturated heterocycles. The Kier molecular flexibility index (Phi) is 6.92. The van der Waals surface area contributed by atoms with Crippen LogP contribution in [0.5, 0.6) is 0 Å². The molecule has 2 heterocycles. The molecule has 0 unspecified atom stereocenters. The Morgan fingerprint density at radius 1 is 1.12 bits per heavy atom. The first kappa shape index (κ1) is 23.0. The second-order valence-electron chi connectivity index (χ2n) is 8.02. The molecule has 0 atom stereocenters. The van der Waals surface area contributed by atoms with Crippen molar-refractivity contribution in [3.8, 4) is 0 Å². The predicted octanol–water partition coefficient (Wildman–Crippen LogP) is 1.97. The van der Waals surface area contributed by atoms with Gasteiger partial charge in [0, 0.05) is 42.3 Å². The first-order valence-corrected chi connectivity index (χ1v) is 10.3. The van der Waals surface area contributed by atoms with Gasteiger partial charge in [0.15, 0.2) is 0 Å². The third-order valence-corrected chi connectivity index (χ3v) is 4.90. The van der Waals surface area contributed by atoms with E-state index in [1.165, 1.54) is 25.3 Å². The normalized spacial score (nSPS) is 11.2. The minimum Gasteiger partial charge on any atom is -0.351 e. The average Bonchev–Trinajstić information content (AvgIpc) is 3.07. The largest absolute Gasteiger partial charge is 0.351 e. The van der Waals surface area contributed by atoms with Gasteiger partial charge in [-0.05, 0) is 43.5 Å². The van der Waals surface area contributed by atoms with E-state index in [1.54, 1.807) is 12.1 Å². The summed E-state index contributed by atoms with van der Waals surface area (Å²) in [7, 11) is 0. The number of rotatable bonds is 7. The van der Waals surface area contributed by atoms with Crippen molar-refractivity contribution in [1.82, 2.24) is 24.8 Å². The number of fused-ring (bicyclic) bond motifs is 1. The van der Waals surface area contributed by atoms with E-state index in [-0.39, 0.29) is 36.3 Å². The second-order valence-corrected chi connectivity index (χ2v) is 8.02. The number of aromatic nitrogens is 3. The molecule has 170 valence electrons. The van der Waals surface area contributed by atoms with Crippen molar-refractivity contribution in [2.45, 2.75) is 33.7 Å². The number of benzene rings is 1. The quantitative estimate of drug-likeness (QED) is 0.484. The van der Waals surface area contributed by atoms with Gasteiger partial charge < -0.3 is 15.2 Å². The SMILES string of the molecule is Cc1cn(C(=O)NCCCNC(=O)c2cc3cc(F)ccc3n2CC(C)C)c(=O)[nH]c1=O. The summed E-state index contributed by atoms with van der Waals surface area (Å²) in [6.45, 7) is 6.68. The minimum absolute atomic E-state index is 0.212. The van der Waals surface area contributed by atoms with Crippen LogP contribution in [0.15, 0.2) is 40.1 Å². The molecule has 0 radical (unpaired) electrons. The summed E-state index contributed by atoms with van der Waals surface area (Å²) in [4.78, 5) is 50.1. The van der Waals surface area contributed by atoms with Gasteiger partial charge >= 0.3 is 11.7 Å². The standard InChI is InChI=1S/C22H26FN5O4/c1-13(2)11-27-17-6-5-16(23)9-15(17)10-18(27)20(30)24-7-4-8-25-21(31)28-12-14(3)19(29)26-22(28)32/h5-6,9-10,12-13H,4,7-8,11H2,1-3H3,(H,24,30)(H,25,31)(H,26,29,32). The van der Waals surface area contributed by atoms with E-state index < -0.39 is 17.3 Å². The van der Waals surface area contributed by atoms with Crippen molar-refractivity contribution in [1.29, 1.82) is 0 Å². The summed E-state index contributed by atoms with van der Waals surface area (Å²) in [6, 6.07) is 5.44. The van der Waals surface area contributed by atoms with Crippen molar-refractivity contribution >= 4 is 22.8 Å². The maximum Gasteiger partial charge on any atom is 0.336 e. The van der Waals surface area contributed by atoms with Crippen LogP contribution < -0.4 is 21.9 Å². The summed E-state index contributed by atoms with van der Waals surface area (Å²) in [6.07, 6.45) is 1.60. The molecular weight excluding hydrogens is 417 g/mol. The molecule has 0 fully saturated rings. The van der Waals surface area contributed by atoms with Crippen molar-refractivity contribution in [2.24, 2.45) is 5.92 Å². The fraction of sp³-hybridized carbons (Fsp3) is 0.364. The summed E-state index contributed by atoms with van der Waals surface area (Å²) >= 11 is 0. The molecule has 32 heavy (non-hydrogen) atoms. The van der Waals surface area contributed by atoms with Gasteiger partial charge in [-0.1, -0.05) is 13.8 Å². The molecule has 0 saturated carbocycles. The molecule has 2 amide bonds. The molecule has 0 aliphatic carbocycles. The van der Waals surface area contributed by atoms with Crippen LogP contribution in [0.25, 0.3) is 10.9 Å². The van der Waals surface area contributed by atoms with Gasteiger partial charge in [0.1, 0.15) is 11.5 Å². The van der Waals surface area contributed by atoms with Crippen LogP contribution in [0.3, 0.4) is 0 Å². The molecule has 3 rings (SSSR count). The summed E-state index contributed by atoms with van der Waals surface area (Å²) in [5.41, 5.74) is 0.113. The van der Waals surface area contributed by atoms with E-state index >= 15 is 0 Å². The zero-order chi connectivity index (χ0) is 23.4. The number of aromatic amines is 1. The molecule has 3 aromatic rings. The highest BCUT2D eigenvalue weighted by Gasteiger charge is 2.17. The van der Waals surface area contributed by atoms with Gasteiger partial charge in [-0.2, -0.15) is 0 Å². The number of carbonyl (C=O) groups is 2. The van der Waals surface area contributed by atoms with Crippen LogP contribution in [0.2, 0.25) is 0 Å². The van der Waals surface area contributed by atoms with Gasteiger partial charge in [-0.15, -0.1) is 0 Å². The number of nitrogens with one attached hydrogen (secondary N) is 3. The Morgan fingerprint density at radius 2 is 1.84 bits per heavy atom. The number of nitrogens with zero attached hydrogens (tertiary/aromatic N) is 2. The van der Waals surface area contributed by atoms with Crippen LogP contribution in [-0.4, -0.2) is 39.1 Å². The lowest BCUT2D eigenvalue weighted by atomic mass is 10.2. The lowest BCUT2D eigenvalue weighted by Crippen LogP contribution is -2.41. The van der Waals surface area contributed by atoms with Crippen LogP contribution in [0, 0.1) is 18.7 Å². The highest BCUT2D eigenvalue weighted by Crippen LogP contribution is 2.22. The number of hydrogen-bond acceptors (Lipinski definition) is 4. The third-order valence-electron chi connectivity index (χ3n) is 4.90. The Morgan fingerprint density at radius 3 is 2.56 bits per heavy atom. The van der Waals surface area contributed by atoms with E-state index in [1.807, 2.05) is 18.4 Å². The van der Waals surface area contributed by atoms with Crippen LogP contribution in [0.4, 0.5) is 9.18 Å². The fourth-order valence-electron chi connectivity index (χ4n) is 3.37. The molecule has 10 heteroatoms. The molecule has 3 N–H and O–H groups in total. The van der Waals surface area contributed by atoms with Gasteiger partial charge in [-0.25, -0.2) is 18.5 Å². The summed E-state index contributed by atoms with van der Waals surface area (Å²) in [5, 5.41) is 6.03. The zero-order valence-corrected chi connectivity index (χ0v) is 18.2. The highest BCUT2D eigenvalue weighted by molar-refractivity contribution is 5.98. The Bertz CT molecular complexity index is 1270. The van der Waals surface area contributed by atoms with E-state index in [0.717, 1.165) is 10.1 Å². The van der Waals surface area contributed by atoms with E-state index in [2.05, 4.69) is 15.6 Å². The van der Waals surface area contributed by atoms with Crippen molar-refractivity contribution in [3.05, 3.63) is 68.4 Å². The Labute approximate surface area is 183 Å². The predicted molar refractivity (Wildman–Crippen MR) is 119 cm³/mol. The van der Waals surface area contributed by atoms with Crippen LogP contribution in [0.1, 0.15) is 36.3 Å². The molecule has 0 aliphatic heterocycles. The maximum absolute atomic E-state index is 13.6. The molecule has 1 aromatic carbocycles. The van der Waals surface area contributed by atoms with Gasteiger partial charge in [0.2, 0.25) is 0 Å². The Balaban J connectivity index is 1.59. The number of halogens is 1.